The average Bonchev–Trinajstić information content (AvgIpc) is 2.74. The molecule has 8 nitrogen and oxygen atoms in total. The van der Waals surface area contributed by atoms with Gasteiger partial charge in [0.05, 0.1) is 16.5 Å². The Labute approximate surface area is 188 Å². The van der Waals surface area contributed by atoms with Crippen LogP contribution in [-0.2, 0) is 19.6 Å². The molecule has 2 amide bonds. The van der Waals surface area contributed by atoms with Crippen LogP contribution in [-0.4, -0.2) is 43.7 Å². The van der Waals surface area contributed by atoms with E-state index in [9.17, 15) is 18.0 Å². The number of carbonyl (C=O) groups is 2. The summed E-state index contributed by atoms with van der Waals surface area (Å²) in [4.78, 5) is 24.8. The van der Waals surface area contributed by atoms with E-state index in [-0.39, 0.29) is 23.3 Å². The van der Waals surface area contributed by atoms with Gasteiger partial charge in [-0.15, -0.1) is 0 Å². The molecule has 4 rings (SSSR count). The number of carbonyl (C=O) groups excluding carboxylic acids is 2. The smallest absolute Gasteiger partial charge is 0.265 e. The van der Waals surface area contributed by atoms with Gasteiger partial charge in [-0.1, -0.05) is 12.1 Å². The van der Waals surface area contributed by atoms with Crippen molar-refractivity contribution in [3.8, 4) is 5.75 Å². The molecule has 0 spiro atoms. The first-order valence-corrected chi connectivity index (χ1v) is 12.1. The Kier molecular flexibility index (Phi) is 5.96. The molecule has 2 aliphatic rings. The zero-order valence-electron chi connectivity index (χ0n) is 18.3. The standard InChI is InChI=1S/C23H27N3O5S/c1-14-6-4-8-18(10-14)24-23(28)17-7-5-9-26(13-17)32(29,30)21-12-20-19(11-15(21)2)25-22(27)16(3)31-20/h4,6,8,10-12,16-17H,5,7,9,13H2,1-3H3,(H,24,28)(H,25,27)/t16-,17+/m0/s1. The molecule has 0 unspecified atom stereocenters. The second-order valence-corrected chi connectivity index (χ2v) is 10.3. The van der Waals surface area contributed by atoms with Crippen molar-refractivity contribution in [2.24, 2.45) is 5.92 Å². The Hall–Kier alpha value is -2.91. The number of piperidine rings is 1. The number of fused-ring (bicyclic) bond motifs is 1. The summed E-state index contributed by atoms with van der Waals surface area (Å²) in [6, 6.07) is 10.6. The molecule has 0 bridgehead atoms. The Morgan fingerprint density at radius 2 is 2.00 bits per heavy atom. The second kappa shape index (κ2) is 8.55. The van der Waals surface area contributed by atoms with Gasteiger partial charge in [0.25, 0.3) is 5.91 Å². The van der Waals surface area contributed by atoms with Crippen molar-refractivity contribution in [2.75, 3.05) is 23.7 Å². The number of hydrogen-bond acceptors (Lipinski definition) is 5. The summed E-state index contributed by atoms with van der Waals surface area (Å²) in [5, 5.41) is 5.64. The molecule has 2 aromatic carbocycles. The Bertz CT molecular complexity index is 1180. The van der Waals surface area contributed by atoms with E-state index >= 15 is 0 Å². The van der Waals surface area contributed by atoms with Gasteiger partial charge in [-0.05, 0) is 62.9 Å². The van der Waals surface area contributed by atoms with E-state index in [0.717, 1.165) is 5.56 Å². The summed E-state index contributed by atoms with van der Waals surface area (Å²) >= 11 is 0. The predicted molar refractivity (Wildman–Crippen MR) is 121 cm³/mol. The van der Waals surface area contributed by atoms with Crippen molar-refractivity contribution in [2.45, 2.75) is 44.6 Å². The third-order valence-electron chi connectivity index (χ3n) is 5.87. The minimum absolute atomic E-state index is 0.116. The van der Waals surface area contributed by atoms with Crippen LogP contribution in [0.3, 0.4) is 0 Å². The van der Waals surface area contributed by atoms with Crippen LogP contribution in [0, 0.1) is 19.8 Å². The molecular formula is C23H27N3O5S. The van der Waals surface area contributed by atoms with Gasteiger partial charge in [-0.2, -0.15) is 4.31 Å². The van der Waals surface area contributed by atoms with Crippen molar-refractivity contribution >= 4 is 33.2 Å². The summed E-state index contributed by atoms with van der Waals surface area (Å²) in [6.45, 7) is 5.70. The number of hydrogen-bond donors (Lipinski definition) is 2. The summed E-state index contributed by atoms with van der Waals surface area (Å²) in [7, 11) is -3.84. The number of nitrogens with zero attached hydrogens (tertiary/aromatic N) is 1. The van der Waals surface area contributed by atoms with Gasteiger partial charge in [0.1, 0.15) is 5.75 Å². The average molecular weight is 458 g/mol. The molecule has 9 heteroatoms. The van der Waals surface area contributed by atoms with Crippen LogP contribution in [0.25, 0.3) is 0 Å². The number of aryl methyl sites for hydroxylation is 2. The first-order valence-electron chi connectivity index (χ1n) is 10.6. The third-order valence-corrected chi connectivity index (χ3v) is 7.87. The number of nitrogens with one attached hydrogen (secondary N) is 2. The summed E-state index contributed by atoms with van der Waals surface area (Å²) in [5.41, 5.74) is 2.70. The minimum atomic E-state index is -3.84. The summed E-state index contributed by atoms with van der Waals surface area (Å²) in [6.07, 6.45) is 0.517. The zero-order chi connectivity index (χ0) is 23.0. The highest BCUT2D eigenvalue weighted by Crippen LogP contribution is 2.36. The molecule has 2 aliphatic heterocycles. The van der Waals surface area contributed by atoms with Gasteiger partial charge >= 0.3 is 0 Å². The fourth-order valence-electron chi connectivity index (χ4n) is 4.10. The maximum Gasteiger partial charge on any atom is 0.265 e. The van der Waals surface area contributed by atoms with Crippen molar-refractivity contribution in [3.05, 3.63) is 47.5 Å². The zero-order valence-corrected chi connectivity index (χ0v) is 19.2. The highest BCUT2D eigenvalue weighted by molar-refractivity contribution is 7.89. The van der Waals surface area contributed by atoms with Crippen LogP contribution < -0.4 is 15.4 Å². The molecule has 1 fully saturated rings. The fourth-order valence-corrected chi connectivity index (χ4v) is 5.85. The number of rotatable bonds is 4. The Morgan fingerprint density at radius 3 is 2.75 bits per heavy atom. The molecule has 32 heavy (non-hydrogen) atoms. The topological polar surface area (TPSA) is 105 Å². The quantitative estimate of drug-likeness (QED) is 0.734. The van der Waals surface area contributed by atoms with E-state index in [2.05, 4.69) is 10.6 Å². The minimum Gasteiger partial charge on any atom is -0.479 e. The van der Waals surface area contributed by atoms with Gasteiger partial charge in [-0.25, -0.2) is 8.42 Å². The van der Waals surface area contributed by atoms with Gasteiger partial charge in [0.2, 0.25) is 15.9 Å². The predicted octanol–water partition coefficient (Wildman–Crippen LogP) is 3.06. The lowest BCUT2D eigenvalue weighted by Crippen LogP contribution is -2.44. The van der Waals surface area contributed by atoms with E-state index in [1.807, 2.05) is 31.2 Å². The lowest BCUT2D eigenvalue weighted by Gasteiger charge is -2.32. The highest BCUT2D eigenvalue weighted by Gasteiger charge is 2.35. The molecule has 1 saturated heterocycles. The fraction of sp³-hybridized carbons (Fsp3) is 0.391. The van der Waals surface area contributed by atoms with Crippen molar-refractivity contribution in [1.82, 2.24) is 4.31 Å². The van der Waals surface area contributed by atoms with Crippen molar-refractivity contribution in [1.29, 1.82) is 0 Å². The molecule has 2 heterocycles. The number of amides is 2. The van der Waals surface area contributed by atoms with Gasteiger partial charge in [0, 0.05) is 24.8 Å². The molecule has 0 aliphatic carbocycles. The molecule has 2 aromatic rings. The second-order valence-electron chi connectivity index (χ2n) is 8.42. The Balaban J connectivity index is 1.54. The Morgan fingerprint density at radius 1 is 1.22 bits per heavy atom. The van der Waals surface area contributed by atoms with Crippen molar-refractivity contribution < 1.29 is 22.7 Å². The van der Waals surface area contributed by atoms with Gasteiger partial charge in [-0.3, -0.25) is 9.59 Å². The van der Waals surface area contributed by atoms with E-state index < -0.39 is 22.0 Å². The number of sulfonamides is 1. The molecule has 0 saturated carbocycles. The van der Waals surface area contributed by atoms with Gasteiger partial charge in [0.15, 0.2) is 6.10 Å². The largest absolute Gasteiger partial charge is 0.479 e. The lowest BCUT2D eigenvalue weighted by molar-refractivity contribution is -0.123. The molecular weight excluding hydrogens is 430 g/mol. The number of ether oxygens (including phenoxy) is 1. The van der Waals surface area contributed by atoms with E-state index in [1.54, 1.807) is 19.9 Å². The molecule has 2 atom stereocenters. The molecule has 0 aromatic heterocycles. The maximum atomic E-state index is 13.5. The molecule has 0 radical (unpaired) electrons. The van der Waals surface area contributed by atoms with Crippen LogP contribution in [0.15, 0.2) is 41.3 Å². The van der Waals surface area contributed by atoms with Crippen LogP contribution >= 0.6 is 0 Å². The summed E-state index contributed by atoms with van der Waals surface area (Å²) < 4.78 is 33.9. The summed E-state index contributed by atoms with van der Waals surface area (Å²) in [5.74, 6) is -0.567. The van der Waals surface area contributed by atoms with E-state index in [4.69, 9.17) is 4.74 Å². The van der Waals surface area contributed by atoms with Crippen LogP contribution in [0.5, 0.6) is 5.75 Å². The van der Waals surface area contributed by atoms with Crippen LogP contribution in [0.1, 0.15) is 30.9 Å². The van der Waals surface area contributed by atoms with E-state index in [0.29, 0.717) is 42.1 Å². The SMILES string of the molecule is Cc1cccc(NC(=O)[C@@H]2CCCN(S(=O)(=O)c3cc4c(cc3C)NC(=O)[C@H](C)O4)C2)c1. The van der Waals surface area contributed by atoms with Gasteiger partial charge < -0.3 is 15.4 Å². The molecule has 2 N–H and O–H groups in total. The van der Waals surface area contributed by atoms with Crippen molar-refractivity contribution in [3.63, 3.8) is 0 Å². The maximum absolute atomic E-state index is 13.5. The van der Waals surface area contributed by atoms with E-state index in [1.165, 1.54) is 10.4 Å². The van der Waals surface area contributed by atoms with Crippen LogP contribution in [0.2, 0.25) is 0 Å². The lowest BCUT2D eigenvalue weighted by atomic mass is 9.98. The van der Waals surface area contributed by atoms with Crippen LogP contribution in [0.4, 0.5) is 11.4 Å². The number of benzene rings is 2. The number of anilines is 2. The highest BCUT2D eigenvalue weighted by atomic mass is 32.2. The first kappa shape index (κ1) is 22.3. The molecule has 170 valence electrons. The first-order chi connectivity index (χ1) is 15.1. The normalized spacial score (nSPS) is 21.3. The third kappa shape index (κ3) is 4.35. The monoisotopic (exact) mass is 457 g/mol.